The van der Waals surface area contributed by atoms with Crippen molar-refractivity contribution in [2.45, 2.75) is 40.2 Å². The van der Waals surface area contributed by atoms with Crippen LogP contribution < -0.4 is 16.4 Å². The minimum Gasteiger partial charge on any atom is -0.327 e. The molecule has 5 heteroatoms. The molecule has 0 spiro atoms. The molecule has 0 aliphatic rings. The molecule has 0 heterocycles. The third-order valence-electron chi connectivity index (χ3n) is 3.22. The number of benzene rings is 1. The number of amides is 2. The van der Waals surface area contributed by atoms with E-state index < -0.39 is 0 Å². The van der Waals surface area contributed by atoms with Crippen molar-refractivity contribution in [3.8, 4) is 0 Å². The van der Waals surface area contributed by atoms with E-state index in [1.165, 1.54) is 0 Å². The Hall–Kier alpha value is -1.88. The molecule has 1 rings (SSSR count). The average molecular weight is 291 g/mol. The summed E-state index contributed by atoms with van der Waals surface area (Å²) in [6.45, 7) is 7.63. The maximum Gasteiger partial charge on any atom is 0.226 e. The first-order valence-electron chi connectivity index (χ1n) is 7.26. The lowest BCUT2D eigenvalue weighted by Crippen LogP contribution is -2.31. The molecule has 1 aromatic carbocycles. The zero-order valence-electron chi connectivity index (χ0n) is 13.1. The third kappa shape index (κ3) is 5.95. The van der Waals surface area contributed by atoms with Crippen molar-refractivity contribution in [3.63, 3.8) is 0 Å². The molecule has 0 saturated carbocycles. The first-order chi connectivity index (χ1) is 9.79. The summed E-state index contributed by atoms with van der Waals surface area (Å²) in [6, 6.07) is 6.93. The molecular weight excluding hydrogens is 266 g/mol. The molecule has 116 valence electrons. The quantitative estimate of drug-likeness (QED) is 0.753. The maximum atomic E-state index is 11.9. The SMILES string of the molecule is CC(C)C(=O)Nc1cccc(NC(=O)CC(N)C(C)C)c1. The number of carbonyl (C=O) groups is 2. The number of rotatable bonds is 6. The average Bonchev–Trinajstić information content (AvgIpc) is 2.38. The Morgan fingerprint density at radius 2 is 1.67 bits per heavy atom. The van der Waals surface area contributed by atoms with Crippen LogP contribution in [0.5, 0.6) is 0 Å². The second-order valence-corrected chi connectivity index (χ2v) is 5.88. The molecule has 2 amide bonds. The summed E-state index contributed by atoms with van der Waals surface area (Å²) < 4.78 is 0. The van der Waals surface area contributed by atoms with Crippen molar-refractivity contribution in [2.75, 3.05) is 10.6 Å². The standard InChI is InChI=1S/C16H25N3O2/c1-10(2)14(17)9-15(20)18-12-6-5-7-13(8-12)19-16(21)11(3)4/h5-8,10-11,14H,9,17H2,1-4H3,(H,18,20)(H,19,21). The van der Waals surface area contributed by atoms with E-state index in [-0.39, 0.29) is 36.1 Å². The van der Waals surface area contributed by atoms with Gasteiger partial charge in [-0.25, -0.2) is 0 Å². The highest BCUT2D eigenvalue weighted by atomic mass is 16.2. The van der Waals surface area contributed by atoms with E-state index in [1.807, 2.05) is 27.7 Å². The number of hydrogen-bond acceptors (Lipinski definition) is 3. The molecule has 1 unspecified atom stereocenters. The van der Waals surface area contributed by atoms with Crippen molar-refractivity contribution in [1.82, 2.24) is 0 Å². The lowest BCUT2D eigenvalue weighted by atomic mass is 10.0. The summed E-state index contributed by atoms with van der Waals surface area (Å²) >= 11 is 0. The van der Waals surface area contributed by atoms with Gasteiger partial charge in [-0.2, -0.15) is 0 Å². The largest absolute Gasteiger partial charge is 0.327 e. The van der Waals surface area contributed by atoms with Gasteiger partial charge in [0, 0.05) is 29.8 Å². The smallest absolute Gasteiger partial charge is 0.226 e. The normalized spacial score (nSPS) is 12.3. The number of carbonyl (C=O) groups excluding carboxylic acids is 2. The van der Waals surface area contributed by atoms with Gasteiger partial charge >= 0.3 is 0 Å². The zero-order chi connectivity index (χ0) is 16.0. The Bertz CT molecular complexity index is 498. The Morgan fingerprint density at radius 3 is 2.19 bits per heavy atom. The van der Waals surface area contributed by atoms with Crippen LogP contribution in [0.25, 0.3) is 0 Å². The number of nitrogens with one attached hydrogen (secondary N) is 2. The highest BCUT2D eigenvalue weighted by molar-refractivity contribution is 5.94. The van der Waals surface area contributed by atoms with Crippen LogP contribution in [0.1, 0.15) is 34.1 Å². The van der Waals surface area contributed by atoms with Crippen LogP contribution in [0, 0.1) is 11.8 Å². The third-order valence-corrected chi connectivity index (χ3v) is 3.22. The van der Waals surface area contributed by atoms with Gasteiger partial charge in [0.1, 0.15) is 0 Å². The topological polar surface area (TPSA) is 84.2 Å². The van der Waals surface area contributed by atoms with Crippen molar-refractivity contribution in [2.24, 2.45) is 17.6 Å². The van der Waals surface area contributed by atoms with E-state index in [0.717, 1.165) is 0 Å². The van der Waals surface area contributed by atoms with Gasteiger partial charge in [-0.1, -0.05) is 33.8 Å². The molecule has 0 bridgehead atoms. The summed E-state index contributed by atoms with van der Waals surface area (Å²) in [5, 5.41) is 5.60. The first kappa shape index (κ1) is 17.2. The second kappa shape index (κ2) is 7.78. The van der Waals surface area contributed by atoms with Gasteiger partial charge in [0.25, 0.3) is 0 Å². The first-order valence-corrected chi connectivity index (χ1v) is 7.26. The summed E-state index contributed by atoms with van der Waals surface area (Å²) in [7, 11) is 0. The minimum atomic E-state index is -0.158. The predicted molar refractivity (Wildman–Crippen MR) is 86.0 cm³/mol. The van der Waals surface area contributed by atoms with Gasteiger partial charge in [0.05, 0.1) is 0 Å². The van der Waals surface area contributed by atoms with E-state index in [2.05, 4.69) is 10.6 Å². The van der Waals surface area contributed by atoms with Gasteiger partial charge in [0.15, 0.2) is 0 Å². The second-order valence-electron chi connectivity index (χ2n) is 5.88. The number of hydrogen-bond donors (Lipinski definition) is 3. The van der Waals surface area contributed by atoms with Crippen molar-refractivity contribution in [3.05, 3.63) is 24.3 Å². The predicted octanol–water partition coefficient (Wildman–Crippen LogP) is 2.59. The fourth-order valence-electron chi connectivity index (χ4n) is 1.62. The van der Waals surface area contributed by atoms with Crippen LogP contribution in [0.2, 0.25) is 0 Å². The lowest BCUT2D eigenvalue weighted by molar-refractivity contribution is -0.119. The lowest BCUT2D eigenvalue weighted by Gasteiger charge is -2.15. The Labute approximate surface area is 126 Å². The zero-order valence-corrected chi connectivity index (χ0v) is 13.1. The number of nitrogens with two attached hydrogens (primary N) is 1. The molecule has 0 radical (unpaired) electrons. The van der Waals surface area contributed by atoms with Crippen LogP contribution in [0.3, 0.4) is 0 Å². The van der Waals surface area contributed by atoms with E-state index >= 15 is 0 Å². The Morgan fingerprint density at radius 1 is 1.10 bits per heavy atom. The monoisotopic (exact) mass is 291 g/mol. The van der Waals surface area contributed by atoms with Gasteiger partial charge < -0.3 is 16.4 Å². The highest BCUT2D eigenvalue weighted by Gasteiger charge is 2.13. The fraction of sp³-hybridized carbons (Fsp3) is 0.500. The van der Waals surface area contributed by atoms with E-state index in [1.54, 1.807) is 24.3 Å². The summed E-state index contributed by atoms with van der Waals surface area (Å²) in [4.78, 5) is 23.5. The van der Waals surface area contributed by atoms with Crippen LogP contribution in [0.4, 0.5) is 11.4 Å². The van der Waals surface area contributed by atoms with Crippen molar-refractivity contribution < 1.29 is 9.59 Å². The van der Waals surface area contributed by atoms with Crippen LogP contribution >= 0.6 is 0 Å². The van der Waals surface area contributed by atoms with E-state index in [0.29, 0.717) is 11.4 Å². The summed E-state index contributed by atoms with van der Waals surface area (Å²) in [5.41, 5.74) is 7.20. The van der Waals surface area contributed by atoms with Crippen molar-refractivity contribution in [1.29, 1.82) is 0 Å². The Kier molecular flexibility index (Phi) is 6.37. The molecule has 1 atom stereocenters. The molecule has 1 aromatic rings. The molecule has 5 nitrogen and oxygen atoms in total. The van der Waals surface area contributed by atoms with E-state index in [4.69, 9.17) is 5.73 Å². The number of anilines is 2. The molecule has 0 fully saturated rings. The molecule has 21 heavy (non-hydrogen) atoms. The van der Waals surface area contributed by atoms with E-state index in [9.17, 15) is 9.59 Å². The van der Waals surface area contributed by atoms with Gasteiger partial charge in [-0.15, -0.1) is 0 Å². The summed E-state index contributed by atoms with van der Waals surface area (Å²) in [6.07, 6.45) is 0.278. The van der Waals surface area contributed by atoms with Crippen LogP contribution in [-0.4, -0.2) is 17.9 Å². The molecule has 0 aromatic heterocycles. The van der Waals surface area contributed by atoms with Gasteiger partial charge in [0.2, 0.25) is 11.8 Å². The maximum absolute atomic E-state index is 11.9. The molecule has 0 aliphatic carbocycles. The summed E-state index contributed by atoms with van der Waals surface area (Å²) in [5.74, 6) is -0.0106. The fourth-order valence-corrected chi connectivity index (χ4v) is 1.62. The van der Waals surface area contributed by atoms with Crippen LogP contribution in [-0.2, 0) is 9.59 Å². The molecular formula is C16H25N3O2. The van der Waals surface area contributed by atoms with Gasteiger partial charge in [-0.05, 0) is 24.1 Å². The molecule has 4 N–H and O–H groups in total. The highest BCUT2D eigenvalue weighted by Crippen LogP contribution is 2.16. The van der Waals surface area contributed by atoms with Crippen LogP contribution in [0.15, 0.2) is 24.3 Å². The molecule has 0 saturated heterocycles. The van der Waals surface area contributed by atoms with Crippen molar-refractivity contribution >= 4 is 23.2 Å². The van der Waals surface area contributed by atoms with Gasteiger partial charge in [-0.3, -0.25) is 9.59 Å². The molecule has 0 aliphatic heterocycles. The minimum absolute atomic E-state index is 0.0553. The Balaban J connectivity index is 2.64.